The molecule has 1 aromatic rings. The number of allylic oxidation sites excluding steroid dienone is 1. The third kappa shape index (κ3) is 2.50. The molecular weight excluding hydrogens is 346 g/mol. The van der Waals surface area contributed by atoms with Crippen LogP contribution < -0.4 is 5.01 Å². The molecule has 1 unspecified atom stereocenters. The van der Waals surface area contributed by atoms with Crippen molar-refractivity contribution in [2.24, 2.45) is 5.10 Å². The number of methoxy groups -OCH3 is 1. The lowest BCUT2D eigenvalue weighted by Crippen LogP contribution is -2.47. The van der Waals surface area contributed by atoms with Crippen LogP contribution in [0.3, 0.4) is 0 Å². The SMILES string of the molecule is COC(=O)C1=C(C)N(C)C2(SC(C(C)=O)=NN2c2ccccc2)S1. The van der Waals surface area contributed by atoms with Gasteiger partial charge in [0, 0.05) is 19.7 Å². The highest BCUT2D eigenvalue weighted by Crippen LogP contribution is 2.58. The number of hydrogen-bond acceptors (Lipinski definition) is 8. The molecule has 126 valence electrons. The number of hydrazone groups is 1. The Balaban J connectivity index is 2.06. The first kappa shape index (κ1) is 16.9. The summed E-state index contributed by atoms with van der Waals surface area (Å²) < 4.78 is 4.14. The van der Waals surface area contributed by atoms with Crippen molar-refractivity contribution < 1.29 is 14.3 Å². The first-order valence-electron chi connectivity index (χ1n) is 7.26. The second-order valence-corrected chi connectivity index (χ2v) is 7.93. The number of anilines is 1. The third-order valence-corrected chi connectivity index (χ3v) is 7.01. The highest BCUT2D eigenvalue weighted by Gasteiger charge is 2.55. The van der Waals surface area contributed by atoms with Crippen molar-refractivity contribution in [1.82, 2.24) is 4.90 Å². The number of carbonyl (C=O) groups excluding carboxylic acids is 2. The van der Waals surface area contributed by atoms with Gasteiger partial charge in [0.1, 0.15) is 4.91 Å². The molecule has 0 aliphatic carbocycles. The molecule has 1 spiro atoms. The molecule has 8 heteroatoms. The summed E-state index contributed by atoms with van der Waals surface area (Å²) in [6.07, 6.45) is 0. The number of benzene rings is 1. The summed E-state index contributed by atoms with van der Waals surface area (Å²) in [4.78, 5) is 26.5. The Hall–Kier alpha value is -1.93. The minimum atomic E-state index is -0.754. The van der Waals surface area contributed by atoms with Gasteiger partial charge in [-0.15, -0.1) is 0 Å². The van der Waals surface area contributed by atoms with Crippen molar-refractivity contribution >= 4 is 46.0 Å². The molecule has 0 N–H and O–H groups in total. The molecule has 2 aliphatic rings. The van der Waals surface area contributed by atoms with Crippen LogP contribution in [0.5, 0.6) is 0 Å². The van der Waals surface area contributed by atoms with Crippen LogP contribution in [0.2, 0.25) is 0 Å². The first-order valence-corrected chi connectivity index (χ1v) is 8.90. The van der Waals surface area contributed by atoms with Gasteiger partial charge in [0.25, 0.3) is 0 Å². The average molecular weight is 363 g/mol. The molecule has 1 atom stereocenters. The zero-order chi connectivity index (χ0) is 17.5. The van der Waals surface area contributed by atoms with Gasteiger partial charge in [0.15, 0.2) is 10.8 Å². The number of thioether (sulfide) groups is 2. The van der Waals surface area contributed by atoms with E-state index in [9.17, 15) is 9.59 Å². The first-order chi connectivity index (χ1) is 11.4. The average Bonchev–Trinajstić information content (AvgIpc) is 3.10. The van der Waals surface area contributed by atoms with E-state index in [2.05, 4.69) is 5.10 Å². The van der Waals surface area contributed by atoms with Crippen LogP contribution in [0.15, 0.2) is 46.0 Å². The molecule has 0 radical (unpaired) electrons. The minimum absolute atomic E-state index is 0.101. The van der Waals surface area contributed by atoms with Crippen LogP contribution in [0.4, 0.5) is 5.69 Å². The van der Waals surface area contributed by atoms with Gasteiger partial charge in [-0.3, -0.25) is 4.79 Å². The Bertz CT molecular complexity index is 763. The van der Waals surface area contributed by atoms with E-state index in [1.807, 2.05) is 49.2 Å². The predicted molar refractivity (Wildman–Crippen MR) is 97.4 cm³/mol. The number of ketones is 1. The van der Waals surface area contributed by atoms with Crippen LogP contribution in [-0.2, 0) is 14.3 Å². The maximum Gasteiger partial charge on any atom is 0.346 e. The van der Waals surface area contributed by atoms with Crippen molar-refractivity contribution in [3.05, 3.63) is 40.9 Å². The van der Waals surface area contributed by atoms with Crippen LogP contribution in [0, 0.1) is 0 Å². The van der Waals surface area contributed by atoms with Crippen LogP contribution in [0.25, 0.3) is 0 Å². The highest BCUT2D eigenvalue weighted by atomic mass is 32.2. The Labute approximate surface area is 148 Å². The number of ether oxygens (including phenoxy) is 1. The van der Waals surface area contributed by atoms with Crippen LogP contribution >= 0.6 is 23.5 Å². The fraction of sp³-hybridized carbons (Fsp3) is 0.312. The molecule has 0 saturated heterocycles. The fourth-order valence-corrected chi connectivity index (χ4v) is 5.37. The van der Waals surface area contributed by atoms with Gasteiger partial charge < -0.3 is 9.64 Å². The molecule has 0 aromatic heterocycles. The lowest BCUT2D eigenvalue weighted by Gasteiger charge is -2.39. The van der Waals surface area contributed by atoms with E-state index >= 15 is 0 Å². The fourth-order valence-electron chi connectivity index (χ4n) is 2.47. The molecule has 6 nitrogen and oxygen atoms in total. The minimum Gasteiger partial charge on any atom is -0.465 e. The van der Waals surface area contributed by atoms with Crippen LogP contribution in [-0.4, -0.2) is 40.2 Å². The summed E-state index contributed by atoms with van der Waals surface area (Å²) in [5, 5.41) is 6.72. The zero-order valence-electron chi connectivity index (χ0n) is 13.8. The van der Waals surface area contributed by atoms with Crippen molar-refractivity contribution in [2.75, 3.05) is 19.2 Å². The number of nitrogens with zero attached hydrogens (tertiary/aromatic N) is 3. The molecule has 1 aromatic carbocycles. The van der Waals surface area contributed by atoms with Crippen molar-refractivity contribution in [2.45, 2.75) is 18.2 Å². The predicted octanol–water partition coefficient (Wildman–Crippen LogP) is 2.84. The van der Waals surface area contributed by atoms with E-state index in [0.717, 1.165) is 11.4 Å². The number of Topliss-reactive ketones (excluding diaryl/α,β-unsaturated/α-hetero) is 1. The van der Waals surface area contributed by atoms with Gasteiger partial charge in [-0.25, -0.2) is 9.80 Å². The van der Waals surface area contributed by atoms with Crippen LogP contribution in [0.1, 0.15) is 13.8 Å². The number of rotatable bonds is 3. The van der Waals surface area contributed by atoms with Crippen molar-refractivity contribution in [3.63, 3.8) is 0 Å². The molecule has 0 saturated carbocycles. The summed E-state index contributed by atoms with van der Waals surface area (Å²) in [5.41, 5.74) is 1.64. The Kier molecular flexibility index (Phi) is 4.35. The molecule has 0 fully saturated rings. The van der Waals surface area contributed by atoms with Gasteiger partial charge in [0.2, 0.25) is 4.33 Å². The van der Waals surface area contributed by atoms with E-state index in [1.54, 1.807) is 5.01 Å². The Morgan fingerprint density at radius 2 is 1.88 bits per heavy atom. The summed E-state index contributed by atoms with van der Waals surface area (Å²) in [6, 6.07) is 9.60. The standard InChI is InChI=1S/C16H17N3O3S2/c1-10-13(15(21)22-4)23-16(18(10)3)19(12-8-6-5-7-9-12)17-14(24-16)11(2)20/h5-9H,1-4H3. The van der Waals surface area contributed by atoms with Gasteiger partial charge in [-0.2, -0.15) is 5.10 Å². The van der Waals surface area contributed by atoms with Crippen molar-refractivity contribution in [3.8, 4) is 0 Å². The largest absolute Gasteiger partial charge is 0.465 e. The zero-order valence-corrected chi connectivity index (χ0v) is 15.4. The summed E-state index contributed by atoms with van der Waals surface area (Å²) in [6.45, 7) is 3.36. The molecule has 0 bridgehead atoms. The van der Waals surface area contributed by atoms with E-state index < -0.39 is 4.33 Å². The molecule has 24 heavy (non-hydrogen) atoms. The van der Waals surface area contributed by atoms with Gasteiger partial charge in [-0.05, 0) is 30.8 Å². The second-order valence-electron chi connectivity index (χ2n) is 5.33. The molecule has 2 aliphatic heterocycles. The smallest absolute Gasteiger partial charge is 0.346 e. The summed E-state index contributed by atoms with van der Waals surface area (Å²) >= 11 is 2.69. The number of para-hydroxylation sites is 1. The summed E-state index contributed by atoms with van der Waals surface area (Å²) in [7, 11) is 3.25. The molecule has 2 heterocycles. The highest BCUT2D eigenvalue weighted by molar-refractivity contribution is 8.28. The monoisotopic (exact) mass is 363 g/mol. The van der Waals surface area contributed by atoms with Gasteiger partial charge in [0.05, 0.1) is 12.8 Å². The Morgan fingerprint density at radius 1 is 1.21 bits per heavy atom. The van der Waals surface area contributed by atoms with Crippen molar-refractivity contribution in [1.29, 1.82) is 0 Å². The summed E-state index contributed by atoms with van der Waals surface area (Å²) in [5.74, 6) is -0.484. The van der Waals surface area contributed by atoms with E-state index in [0.29, 0.717) is 9.95 Å². The van der Waals surface area contributed by atoms with E-state index in [-0.39, 0.29) is 11.8 Å². The lowest BCUT2D eigenvalue weighted by atomic mass is 10.3. The Morgan fingerprint density at radius 3 is 2.46 bits per heavy atom. The quantitative estimate of drug-likeness (QED) is 0.765. The number of hydrogen-bond donors (Lipinski definition) is 0. The second kappa shape index (κ2) is 6.18. The number of carbonyl (C=O) groups is 2. The third-order valence-electron chi connectivity index (χ3n) is 3.85. The van der Waals surface area contributed by atoms with Gasteiger partial charge >= 0.3 is 5.97 Å². The maximum atomic E-state index is 12.1. The maximum absolute atomic E-state index is 12.1. The molecular formula is C16H17N3O3S2. The normalized spacial score (nSPS) is 23.1. The van der Waals surface area contributed by atoms with E-state index in [4.69, 9.17) is 4.74 Å². The topological polar surface area (TPSA) is 62.2 Å². The molecule has 0 amide bonds. The van der Waals surface area contributed by atoms with Gasteiger partial charge in [-0.1, -0.05) is 30.0 Å². The lowest BCUT2D eigenvalue weighted by molar-refractivity contribution is -0.135. The number of esters is 1. The molecule has 3 rings (SSSR count). The van der Waals surface area contributed by atoms with E-state index in [1.165, 1.54) is 37.6 Å².